The van der Waals surface area contributed by atoms with Crippen LogP contribution in [0.2, 0.25) is 0 Å². The van der Waals surface area contributed by atoms with E-state index in [2.05, 4.69) is 34.9 Å². The molecule has 164 valence electrons. The molecule has 1 aliphatic rings. The Balaban J connectivity index is 1.52. The van der Waals surface area contributed by atoms with Gasteiger partial charge in [0.25, 0.3) is 0 Å². The summed E-state index contributed by atoms with van der Waals surface area (Å²) in [4.78, 5) is 37.6. The number of nitrogens with one attached hydrogen (secondary N) is 2. The number of likely N-dealkylation sites (N-methyl/N-ethyl adjacent to an activating group) is 1. The van der Waals surface area contributed by atoms with E-state index in [1.54, 1.807) is 6.92 Å². The highest BCUT2D eigenvalue weighted by Crippen LogP contribution is 2.44. The third kappa shape index (κ3) is 5.42. The van der Waals surface area contributed by atoms with Crippen molar-refractivity contribution in [3.8, 4) is 11.1 Å². The van der Waals surface area contributed by atoms with Crippen LogP contribution in [-0.4, -0.2) is 55.6 Å². The van der Waals surface area contributed by atoms with Gasteiger partial charge in [-0.25, -0.2) is 4.79 Å². The van der Waals surface area contributed by atoms with E-state index < -0.39 is 6.09 Å². The molecule has 0 fully saturated rings. The van der Waals surface area contributed by atoms with Crippen LogP contribution in [0.1, 0.15) is 37.3 Å². The van der Waals surface area contributed by atoms with Crippen molar-refractivity contribution < 1.29 is 19.1 Å². The molecule has 3 rings (SSSR count). The summed E-state index contributed by atoms with van der Waals surface area (Å²) >= 11 is 0. The largest absolute Gasteiger partial charge is 0.449 e. The zero-order chi connectivity index (χ0) is 22.2. The van der Waals surface area contributed by atoms with Gasteiger partial charge in [0.05, 0.1) is 6.54 Å². The first-order valence-corrected chi connectivity index (χ1v) is 10.7. The van der Waals surface area contributed by atoms with Crippen molar-refractivity contribution in [2.45, 2.75) is 26.2 Å². The van der Waals surface area contributed by atoms with Crippen molar-refractivity contribution in [2.75, 3.05) is 32.8 Å². The second kappa shape index (κ2) is 10.6. The highest BCUT2D eigenvalue weighted by Gasteiger charge is 2.29. The lowest BCUT2D eigenvalue weighted by atomic mass is 9.98. The van der Waals surface area contributed by atoms with Gasteiger partial charge >= 0.3 is 6.09 Å². The van der Waals surface area contributed by atoms with Crippen molar-refractivity contribution in [2.24, 2.45) is 0 Å². The average Bonchev–Trinajstić information content (AvgIpc) is 3.10. The predicted molar refractivity (Wildman–Crippen MR) is 119 cm³/mol. The number of hydrogen-bond donors (Lipinski definition) is 2. The Kier molecular flexibility index (Phi) is 7.65. The molecule has 7 nitrogen and oxygen atoms in total. The number of rotatable bonds is 9. The summed E-state index contributed by atoms with van der Waals surface area (Å²) in [7, 11) is 0. The minimum Gasteiger partial charge on any atom is -0.449 e. The summed E-state index contributed by atoms with van der Waals surface area (Å²) in [6.45, 7) is 4.73. The fourth-order valence-corrected chi connectivity index (χ4v) is 3.88. The normalized spacial score (nSPS) is 11.9. The molecule has 2 aromatic carbocycles. The molecule has 0 heterocycles. The minimum atomic E-state index is -0.538. The molecule has 2 N–H and O–H groups in total. The fourth-order valence-electron chi connectivity index (χ4n) is 3.88. The molecule has 0 aromatic heterocycles. The summed E-state index contributed by atoms with van der Waals surface area (Å²) in [5.41, 5.74) is 4.65. The Bertz CT molecular complexity index is 898. The fraction of sp³-hybridized carbons (Fsp3) is 0.375. The van der Waals surface area contributed by atoms with Gasteiger partial charge in [-0.1, -0.05) is 55.5 Å². The maximum atomic E-state index is 12.3. The number of hydrogen-bond acceptors (Lipinski definition) is 4. The van der Waals surface area contributed by atoms with Crippen LogP contribution < -0.4 is 10.6 Å². The van der Waals surface area contributed by atoms with Crippen molar-refractivity contribution in [3.05, 3.63) is 59.7 Å². The Morgan fingerprint density at radius 3 is 2.13 bits per heavy atom. The van der Waals surface area contributed by atoms with Crippen LogP contribution >= 0.6 is 0 Å². The number of carbonyl (C=O) groups is 3. The number of fused-ring (bicyclic) bond motifs is 3. The summed E-state index contributed by atoms with van der Waals surface area (Å²) in [5, 5.41) is 5.36. The number of ether oxygens (including phenoxy) is 1. The van der Waals surface area contributed by atoms with Gasteiger partial charge in [-0.15, -0.1) is 0 Å². The van der Waals surface area contributed by atoms with E-state index in [4.69, 9.17) is 4.74 Å². The molecule has 3 amide bonds. The van der Waals surface area contributed by atoms with Gasteiger partial charge in [0.2, 0.25) is 11.8 Å². The van der Waals surface area contributed by atoms with Crippen molar-refractivity contribution in [1.29, 1.82) is 0 Å². The maximum absolute atomic E-state index is 12.3. The Hall–Kier alpha value is -3.35. The zero-order valence-corrected chi connectivity index (χ0v) is 18.0. The molecule has 0 unspecified atom stereocenters. The van der Waals surface area contributed by atoms with Crippen LogP contribution in [0, 0.1) is 0 Å². The number of carbonyl (C=O) groups excluding carboxylic acids is 3. The summed E-state index contributed by atoms with van der Waals surface area (Å²) in [5.74, 6) is -0.361. The van der Waals surface area contributed by atoms with Gasteiger partial charge in [0, 0.05) is 32.0 Å². The number of alkyl carbamates (subject to hydrolysis) is 1. The van der Waals surface area contributed by atoms with Gasteiger partial charge in [0.15, 0.2) is 0 Å². The van der Waals surface area contributed by atoms with E-state index in [0.717, 1.165) is 11.1 Å². The lowest BCUT2D eigenvalue weighted by Gasteiger charge is -2.22. The van der Waals surface area contributed by atoms with Crippen molar-refractivity contribution in [1.82, 2.24) is 15.5 Å². The zero-order valence-electron chi connectivity index (χ0n) is 18.0. The van der Waals surface area contributed by atoms with E-state index >= 15 is 0 Å². The molecule has 0 saturated carbocycles. The average molecular weight is 424 g/mol. The molecular weight excluding hydrogens is 394 g/mol. The summed E-state index contributed by atoms with van der Waals surface area (Å²) in [6.07, 6.45) is -0.242. The van der Waals surface area contributed by atoms with Gasteiger partial charge in [0.1, 0.15) is 6.61 Å². The SMILES string of the molecule is CCNC(=O)CN(CCNC(=O)OCC1c2ccccc2-c2ccccc21)C(=O)CC. The quantitative estimate of drug-likeness (QED) is 0.649. The van der Waals surface area contributed by atoms with Crippen LogP contribution in [-0.2, 0) is 14.3 Å². The smallest absolute Gasteiger partial charge is 0.407 e. The highest BCUT2D eigenvalue weighted by atomic mass is 16.5. The predicted octanol–water partition coefficient (Wildman–Crippen LogP) is 2.90. The molecular formula is C24H29N3O4. The van der Waals surface area contributed by atoms with E-state index in [-0.39, 0.29) is 44.0 Å². The van der Waals surface area contributed by atoms with E-state index in [0.29, 0.717) is 13.0 Å². The van der Waals surface area contributed by atoms with Gasteiger partial charge in [-0.2, -0.15) is 0 Å². The second-order valence-corrected chi connectivity index (χ2v) is 7.37. The molecule has 7 heteroatoms. The third-order valence-corrected chi connectivity index (χ3v) is 5.36. The topological polar surface area (TPSA) is 87.7 Å². The third-order valence-electron chi connectivity index (χ3n) is 5.36. The summed E-state index contributed by atoms with van der Waals surface area (Å²) in [6, 6.07) is 16.3. The van der Waals surface area contributed by atoms with Gasteiger partial charge in [-0.05, 0) is 29.2 Å². The van der Waals surface area contributed by atoms with Crippen LogP contribution in [0.15, 0.2) is 48.5 Å². The molecule has 0 atom stereocenters. The van der Waals surface area contributed by atoms with E-state index in [1.165, 1.54) is 16.0 Å². The molecule has 0 radical (unpaired) electrons. The minimum absolute atomic E-state index is 0.00550. The molecule has 2 aromatic rings. The number of benzene rings is 2. The summed E-state index contributed by atoms with van der Waals surface area (Å²) < 4.78 is 5.50. The monoisotopic (exact) mass is 423 g/mol. The lowest BCUT2D eigenvalue weighted by molar-refractivity contribution is -0.135. The molecule has 0 bridgehead atoms. The maximum Gasteiger partial charge on any atom is 0.407 e. The van der Waals surface area contributed by atoms with Crippen molar-refractivity contribution in [3.63, 3.8) is 0 Å². The van der Waals surface area contributed by atoms with Crippen LogP contribution in [0.3, 0.4) is 0 Å². The Morgan fingerprint density at radius 1 is 0.935 bits per heavy atom. The lowest BCUT2D eigenvalue weighted by Crippen LogP contribution is -2.44. The van der Waals surface area contributed by atoms with E-state index in [9.17, 15) is 14.4 Å². The van der Waals surface area contributed by atoms with Crippen LogP contribution in [0.4, 0.5) is 4.79 Å². The number of nitrogens with zero attached hydrogens (tertiary/aromatic N) is 1. The molecule has 31 heavy (non-hydrogen) atoms. The Morgan fingerprint density at radius 2 is 1.55 bits per heavy atom. The first-order chi connectivity index (χ1) is 15.0. The van der Waals surface area contributed by atoms with E-state index in [1.807, 2.05) is 31.2 Å². The molecule has 1 aliphatic carbocycles. The van der Waals surface area contributed by atoms with Crippen LogP contribution in [0.5, 0.6) is 0 Å². The first kappa shape index (κ1) is 22.3. The second-order valence-electron chi connectivity index (χ2n) is 7.37. The van der Waals surface area contributed by atoms with Gasteiger partial charge < -0.3 is 20.3 Å². The molecule has 0 saturated heterocycles. The molecule has 0 spiro atoms. The highest BCUT2D eigenvalue weighted by molar-refractivity contribution is 5.84. The Labute approximate surface area is 182 Å². The van der Waals surface area contributed by atoms with Crippen molar-refractivity contribution >= 4 is 17.9 Å². The van der Waals surface area contributed by atoms with Crippen LogP contribution in [0.25, 0.3) is 11.1 Å². The molecule has 0 aliphatic heterocycles. The number of amides is 3. The van der Waals surface area contributed by atoms with Gasteiger partial charge in [-0.3, -0.25) is 9.59 Å². The standard InChI is InChI=1S/C24H29N3O4/c1-3-23(29)27(15-22(28)25-4-2)14-13-26-24(30)31-16-21-19-11-7-5-9-17(19)18-10-6-8-12-20(18)21/h5-12,21H,3-4,13-16H2,1-2H3,(H,25,28)(H,26,30). The first-order valence-electron chi connectivity index (χ1n) is 10.7.